The van der Waals surface area contributed by atoms with Gasteiger partial charge in [0.05, 0.1) is 20.8 Å². The molecule has 164 valence electrons. The van der Waals surface area contributed by atoms with E-state index in [-0.39, 0.29) is 30.1 Å². The SMILES string of the molecule is CN=C(NCc1ccc(OC)c(C(=O)OC)c1)NCC(C)Oc1cccc(C)c1.I. The molecule has 1 unspecified atom stereocenters. The molecule has 0 saturated carbocycles. The van der Waals surface area contributed by atoms with Crippen LogP contribution < -0.4 is 20.1 Å². The summed E-state index contributed by atoms with van der Waals surface area (Å²) in [6, 6.07) is 13.3. The number of esters is 1. The van der Waals surface area contributed by atoms with Crippen molar-refractivity contribution in [1.29, 1.82) is 0 Å². The van der Waals surface area contributed by atoms with E-state index in [2.05, 4.69) is 15.6 Å². The molecule has 30 heavy (non-hydrogen) atoms. The first-order valence-corrected chi connectivity index (χ1v) is 9.40. The zero-order valence-electron chi connectivity index (χ0n) is 18.0. The van der Waals surface area contributed by atoms with Gasteiger partial charge >= 0.3 is 5.97 Å². The van der Waals surface area contributed by atoms with Crippen LogP contribution >= 0.6 is 24.0 Å². The highest BCUT2D eigenvalue weighted by Gasteiger charge is 2.13. The van der Waals surface area contributed by atoms with Gasteiger partial charge in [-0.25, -0.2) is 4.79 Å². The van der Waals surface area contributed by atoms with Gasteiger partial charge in [0.15, 0.2) is 5.96 Å². The second-order valence-electron chi connectivity index (χ2n) is 6.58. The highest BCUT2D eigenvalue weighted by atomic mass is 127. The fourth-order valence-corrected chi connectivity index (χ4v) is 2.74. The van der Waals surface area contributed by atoms with E-state index in [1.54, 1.807) is 19.2 Å². The standard InChI is InChI=1S/C22H29N3O4.HI/c1-15-7-6-8-18(11-15)29-16(2)13-24-22(23-3)25-14-17-9-10-20(27-4)19(12-17)21(26)28-5;/h6-12,16H,13-14H2,1-5H3,(H2,23,24,25);1H. The van der Waals surface area contributed by atoms with Crippen LogP contribution in [0.1, 0.15) is 28.4 Å². The molecular weight excluding hydrogens is 497 g/mol. The van der Waals surface area contributed by atoms with Gasteiger partial charge in [-0.2, -0.15) is 0 Å². The first-order valence-electron chi connectivity index (χ1n) is 9.40. The van der Waals surface area contributed by atoms with Crippen molar-refractivity contribution < 1.29 is 19.0 Å². The Morgan fingerprint density at radius 3 is 2.53 bits per heavy atom. The molecule has 7 nitrogen and oxygen atoms in total. The normalized spacial score (nSPS) is 11.7. The van der Waals surface area contributed by atoms with Crippen LogP contribution in [0.4, 0.5) is 0 Å². The molecule has 0 aliphatic carbocycles. The zero-order valence-corrected chi connectivity index (χ0v) is 20.4. The Labute approximate surface area is 195 Å². The third kappa shape index (κ3) is 7.74. The van der Waals surface area contributed by atoms with Gasteiger partial charge in [0.1, 0.15) is 23.2 Å². The Bertz CT molecular complexity index is 858. The van der Waals surface area contributed by atoms with Gasteiger partial charge in [-0.1, -0.05) is 18.2 Å². The van der Waals surface area contributed by atoms with Crippen molar-refractivity contribution >= 4 is 35.9 Å². The minimum Gasteiger partial charge on any atom is -0.496 e. The number of halogens is 1. The van der Waals surface area contributed by atoms with E-state index in [1.807, 2.05) is 44.2 Å². The second-order valence-corrected chi connectivity index (χ2v) is 6.58. The van der Waals surface area contributed by atoms with E-state index in [0.29, 0.717) is 30.4 Å². The number of hydrogen-bond acceptors (Lipinski definition) is 5. The molecule has 0 bridgehead atoms. The minimum absolute atomic E-state index is 0. The molecule has 2 aromatic rings. The van der Waals surface area contributed by atoms with E-state index >= 15 is 0 Å². The molecule has 2 aromatic carbocycles. The number of nitrogens with zero attached hydrogens (tertiary/aromatic N) is 1. The van der Waals surface area contributed by atoms with Gasteiger partial charge in [0, 0.05) is 13.6 Å². The van der Waals surface area contributed by atoms with Crippen LogP contribution in [0.25, 0.3) is 0 Å². The number of carbonyl (C=O) groups is 1. The van der Waals surface area contributed by atoms with Gasteiger partial charge in [-0.15, -0.1) is 24.0 Å². The highest BCUT2D eigenvalue weighted by molar-refractivity contribution is 14.0. The number of rotatable bonds is 8. The second kappa shape index (κ2) is 12.9. The third-order valence-corrected chi connectivity index (χ3v) is 4.24. The predicted molar refractivity (Wildman–Crippen MR) is 129 cm³/mol. The van der Waals surface area contributed by atoms with Gasteiger partial charge < -0.3 is 24.8 Å². The summed E-state index contributed by atoms with van der Waals surface area (Å²) in [5.74, 6) is 1.52. The number of carbonyl (C=O) groups excluding carboxylic acids is 1. The van der Waals surface area contributed by atoms with Gasteiger partial charge in [0.2, 0.25) is 0 Å². The number of aliphatic imine (C=N–C) groups is 1. The lowest BCUT2D eigenvalue weighted by Gasteiger charge is -2.18. The first kappa shape index (κ1) is 25.5. The number of guanidine groups is 1. The molecule has 0 fully saturated rings. The highest BCUT2D eigenvalue weighted by Crippen LogP contribution is 2.20. The number of ether oxygens (including phenoxy) is 3. The summed E-state index contributed by atoms with van der Waals surface area (Å²) in [4.78, 5) is 16.1. The Balaban J connectivity index is 0.00000450. The van der Waals surface area contributed by atoms with Crippen LogP contribution in [-0.2, 0) is 11.3 Å². The first-order chi connectivity index (χ1) is 14.0. The van der Waals surface area contributed by atoms with Crippen molar-refractivity contribution in [2.24, 2.45) is 4.99 Å². The Hall–Kier alpha value is -2.49. The quantitative estimate of drug-likeness (QED) is 0.237. The summed E-state index contributed by atoms with van der Waals surface area (Å²) in [5, 5.41) is 6.47. The molecule has 0 amide bonds. The molecular formula is C22H30IN3O4. The van der Waals surface area contributed by atoms with Crippen LogP contribution in [-0.4, -0.2) is 45.8 Å². The molecule has 0 aliphatic heterocycles. The summed E-state index contributed by atoms with van der Waals surface area (Å²) in [6.07, 6.45) is -0.0396. The monoisotopic (exact) mass is 527 g/mol. The summed E-state index contributed by atoms with van der Waals surface area (Å²) < 4.78 is 16.0. The number of nitrogens with one attached hydrogen (secondary N) is 2. The lowest BCUT2D eigenvalue weighted by Crippen LogP contribution is -2.41. The minimum atomic E-state index is -0.437. The Morgan fingerprint density at radius 1 is 1.13 bits per heavy atom. The van der Waals surface area contributed by atoms with Crippen molar-refractivity contribution in [2.75, 3.05) is 27.8 Å². The predicted octanol–water partition coefficient (Wildman–Crippen LogP) is 3.54. The lowest BCUT2D eigenvalue weighted by atomic mass is 10.1. The maximum Gasteiger partial charge on any atom is 0.341 e. The molecule has 0 aliphatic rings. The van der Waals surface area contributed by atoms with Crippen LogP contribution in [0.15, 0.2) is 47.5 Å². The molecule has 8 heteroatoms. The summed E-state index contributed by atoms with van der Waals surface area (Å²) in [7, 11) is 4.57. The van der Waals surface area contributed by atoms with Crippen molar-refractivity contribution in [1.82, 2.24) is 10.6 Å². The van der Waals surface area contributed by atoms with Crippen LogP contribution in [0, 0.1) is 6.92 Å². The zero-order chi connectivity index (χ0) is 21.2. The maximum absolute atomic E-state index is 11.9. The van der Waals surface area contributed by atoms with Crippen molar-refractivity contribution in [3.8, 4) is 11.5 Å². The fourth-order valence-electron chi connectivity index (χ4n) is 2.74. The summed E-state index contributed by atoms with van der Waals surface area (Å²) >= 11 is 0. The smallest absolute Gasteiger partial charge is 0.341 e. The molecule has 0 heterocycles. The van der Waals surface area contributed by atoms with Crippen molar-refractivity contribution in [3.63, 3.8) is 0 Å². The molecule has 1 atom stereocenters. The van der Waals surface area contributed by atoms with E-state index in [9.17, 15) is 4.79 Å². The van der Waals surface area contributed by atoms with E-state index in [0.717, 1.165) is 16.9 Å². The van der Waals surface area contributed by atoms with Crippen molar-refractivity contribution in [3.05, 3.63) is 59.2 Å². The molecule has 2 N–H and O–H groups in total. The van der Waals surface area contributed by atoms with Gasteiger partial charge in [-0.05, 0) is 49.2 Å². The fraction of sp³-hybridized carbons (Fsp3) is 0.364. The lowest BCUT2D eigenvalue weighted by molar-refractivity contribution is 0.0597. The largest absolute Gasteiger partial charge is 0.496 e. The number of methoxy groups -OCH3 is 2. The van der Waals surface area contributed by atoms with E-state index in [1.165, 1.54) is 14.2 Å². The Kier molecular flexibility index (Phi) is 11.0. The number of hydrogen-bond donors (Lipinski definition) is 2. The average molecular weight is 527 g/mol. The van der Waals surface area contributed by atoms with E-state index < -0.39 is 5.97 Å². The average Bonchev–Trinajstić information content (AvgIpc) is 2.73. The molecule has 0 spiro atoms. The van der Waals surface area contributed by atoms with Crippen molar-refractivity contribution in [2.45, 2.75) is 26.5 Å². The van der Waals surface area contributed by atoms with E-state index in [4.69, 9.17) is 14.2 Å². The van der Waals surface area contributed by atoms with Crippen LogP contribution in [0.5, 0.6) is 11.5 Å². The Morgan fingerprint density at radius 2 is 1.90 bits per heavy atom. The molecule has 0 aromatic heterocycles. The van der Waals surface area contributed by atoms with Gasteiger partial charge in [0.25, 0.3) is 0 Å². The summed E-state index contributed by atoms with van der Waals surface area (Å²) in [5.41, 5.74) is 2.45. The van der Waals surface area contributed by atoms with Crippen LogP contribution in [0.2, 0.25) is 0 Å². The number of benzene rings is 2. The summed E-state index contributed by atoms with van der Waals surface area (Å²) in [6.45, 7) is 5.10. The van der Waals surface area contributed by atoms with Gasteiger partial charge in [-0.3, -0.25) is 4.99 Å². The number of aryl methyl sites for hydroxylation is 1. The molecule has 2 rings (SSSR count). The topological polar surface area (TPSA) is 81.2 Å². The molecule has 0 radical (unpaired) electrons. The third-order valence-electron chi connectivity index (χ3n) is 4.24. The van der Waals surface area contributed by atoms with Crippen LogP contribution in [0.3, 0.4) is 0 Å². The molecule has 0 saturated heterocycles. The maximum atomic E-state index is 11.9.